The van der Waals surface area contributed by atoms with Crippen LogP contribution >= 0.6 is 11.3 Å². The van der Waals surface area contributed by atoms with E-state index in [1.807, 2.05) is 30.3 Å². The summed E-state index contributed by atoms with van der Waals surface area (Å²) in [5, 5.41) is 10.1. The van der Waals surface area contributed by atoms with Crippen LogP contribution in [0.15, 0.2) is 30.3 Å². The van der Waals surface area contributed by atoms with Crippen molar-refractivity contribution in [3.8, 4) is 5.75 Å². The molecule has 2 rings (SSSR count). The SMILES string of the molecule is CCc1sc(COc2ccccc2)nc1CO. The fourth-order valence-electron chi connectivity index (χ4n) is 1.56. The van der Waals surface area contributed by atoms with E-state index in [9.17, 15) is 0 Å². The van der Waals surface area contributed by atoms with Gasteiger partial charge in [-0.25, -0.2) is 4.98 Å². The molecule has 4 heteroatoms. The minimum atomic E-state index is 0.00497. The van der Waals surface area contributed by atoms with E-state index < -0.39 is 0 Å². The molecule has 0 amide bonds. The summed E-state index contributed by atoms with van der Waals surface area (Å²) in [6, 6.07) is 9.67. The number of ether oxygens (including phenoxy) is 1. The third kappa shape index (κ3) is 3.05. The first-order valence-electron chi connectivity index (χ1n) is 5.59. The maximum atomic E-state index is 9.15. The van der Waals surface area contributed by atoms with Crippen LogP contribution in [0.1, 0.15) is 22.5 Å². The van der Waals surface area contributed by atoms with Gasteiger partial charge in [-0.2, -0.15) is 0 Å². The molecule has 0 spiro atoms. The van der Waals surface area contributed by atoms with Crippen molar-refractivity contribution in [2.45, 2.75) is 26.6 Å². The lowest BCUT2D eigenvalue weighted by Crippen LogP contribution is -1.95. The molecular formula is C13H15NO2S. The summed E-state index contributed by atoms with van der Waals surface area (Å²) in [6.07, 6.45) is 0.902. The number of hydrogen-bond donors (Lipinski definition) is 1. The van der Waals surface area contributed by atoms with Gasteiger partial charge >= 0.3 is 0 Å². The molecule has 1 heterocycles. The summed E-state index contributed by atoms with van der Waals surface area (Å²) in [5.41, 5.74) is 0.782. The molecule has 0 aliphatic carbocycles. The van der Waals surface area contributed by atoms with Crippen molar-refractivity contribution >= 4 is 11.3 Å². The highest BCUT2D eigenvalue weighted by Crippen LogP contribution is 2.21. The highest BCUT2D eigenvalue weighted by Gasteiger charge is 2.09. The van der Waals surface area contributed by atoms with Crippen molar-refractivity contribution in [2.75, 3.05) is 0 Å². The zero-order valence-electron chi connectivity index (χ0n) is 9.72. The first-order valence-corrected chi connectivity index (χ1v) is 6.41. The topological polar surface area (TPSA) is 42.4 Å². The van der Waals surface area contributed by atoms with Crippen molar-refractivity contribution in [1.82, 2.24) is 4.98 Å². The Balaban J connectivity index is 2.02. The van der Waals surface area contributed by atoms with Crippen LogP contribution in [-0.2, 0) is 19.6 Å². The summed E-state index contributed by atoms with van der Waals surface area (Å²) in [7, 11) is 0. The third-order valence-corrected chi connectivity index (χ3v) is 3.61. The van der Waals surface area contributed by atoms with Gasteiger partial charge in [0, 0.05) is 4.88 Å². The van der Waals surface area contributed by atoms with Crippen LogP contribution in [-0.4, -0.2) is 10.1 Å². The second-order valence-corrected chi connectivity index (χ2v) is 4.76. The number of benzene rings is 1. The number of rotatable bonds is 5. The van der Waals surface area contributed by atoms with Gasteiger partial charge in [0.15, 0.2) is 0 Å². The Kier molecular flexibility index (Phi) is 4.12. The Morgan fingerprint density at radius 1 is 1.29 bits per heavy atom. The molecule has 0 unspecified atom stereocenters. The van der Waals surface area contributed by atoms with Gasteiger partial charge in [0.1, 0.15) is 17.4 Å². The Morgan fingerprint density at radius 2 is 2.06 bits per heavy atom. The van der Waals surface area contributed by atoms with E-state index in [0.29, 0.717) is 6.61 Å². The highest BCUT2D eigenvalue weighted by atomic mass is 32.1. The van der Waals surface area contributed by atoms with Crippen LogP contribution in [0.3, 0.4) is 0 Å². The number of hydrogen-bond acceptors (Lipinski definition) is 4. The van der Waals surface area contributed by atoms with Crippen LogP contribution in [0.25, 0.3) is 0 Å². The summed E-state index contributed by atoms with van der Waals surface area (Å²) >= 11 is 1.61. The second-order valence-electron chi connectivity index (χ2n) is 3.59. The molecule has 1 aromatic carbocycles. The van der Waals surface area contributed by atoms with E-state index >= 15 is 0 Å². The summed E-state index contributed by atoms with van der Waals surface area (Å²) in [5.74, 6) is 0.839. The van der Waals surface area contributed by atoms with Crippen LogP contribution in [0.5, 0.6) is 5.75 Å². The second kappa shape index (κ2) is 5.80. The van der Waals surface area contributed by atoms with E-state index in [4.69, 9.17) is 9.84 Å². The zero-order valence-corrected chi connectivity index (χ0v) is 10.5. The maximum Gasteiger partial charge on any atom is 0.140 e. The van der Waals surface area contributed by atoms with E-state index in [-0.39, 0.29) is 6.61 Å². The number of aliphatic hydroxyl groups excluding tert-OH is 1. The number of thiazole rings is 1. The van der Waals surface area contributed by atoms with Crippen molar-refractivity contribution < 1.29 is 9.84 Å². The predicted octanol–water partition coefficient (Wildman–Crippen LogP) is 2.78. The van der Waals surface area contributed by atoms with Crippen LogP contribution in [0.4, 0.5) is 0 Å². The molecule has 0 saturated carbocycles. The standard InChI is InChI=1S/C13H15NO2S/c1-2-12-11(8-15)14-13(17-12)9-16-10-6-4-3-5-7-10/h3-7,15H,2,8-9H2,1H3. The first-order chi connectivity index (χ1) is 8.33. The summed E-state index contributed by atoms with van der Waals surface area (Å²) < 4.78 is 5.62. The fourth-order valence-corrected chi connectivity index (χ4v) is 2.49. The summed E-state index contributed by atoms with van der Waals surface area (Å²) in [4.78, 5) is 5.50. The molecule has 0 aliphatic heterocycles. The molecule has 17 heavy (non-hydrogen) atoms. The number of para-hydroxylation sites is 1. The van der Waals surface area contributed by atoms with Crippen LogP contribution in [0.2, 0.25) is 0 Å². The van der Waals surface area contributed by atoms with Gasteiger partial charge in [-0.05, 0) is 18.6 Å². The van der Waals surface area contributed by atoms with Gasteiger partial charge in [0.2, 0.25) is 0 Å². The Hall–Kier alpha value is -1.39. The molecule has 0 fully saturated rings. The van der Waals surface area contributed by atoms with Gasteiger partial charge in [0.05, 0.1) is 12.3 Å². The molecule has 0 saturated heterocycles. The van der Waals surface area contributed by atoms with E-state index in [1.54, 1.807) is 11.3 Å². The average Bonchev–Trinajstić information content (AvgIpc) is 2.80. The minimum absolute atomic E-state index is 0.00497. The van der Waals surface area contributed by atoms with Gasteiger partial charge in [-0.3, -0.25) is 0 Å². The van der Waals surface area contributed by atoms with Crippen molar-refractivity contribution in [2.24, 2.45) is 0 Å². The predicted molar refractivity (Wildman–Crippen MR) is 68.2 cm³/mol. The average molecular weight is 249 g/mol. The lowest BCUT2D eigenvalue weighted by molar-refractivity contribution is 0.274. The van der Waals surface area contributed by atoms with E-state index in [2.05, 4.69) is 11.9 Å². The molecule has 1 N–H and O–H groups in total. The van der Waals surface area contributed by atoms with Gasteiger partial charge in [0.25, 0.3) is 0 Å². The highest BCUT2D eigenvalue weighted by molar-refractivity contribution is 7.11. The molecule has 0 bridgehead atoms. The first kappa shape index (κ1) is 12.1. The molecule has 0 atom stereocenters. The normalized spacial score (nSPS) is 10.5. The van der Waals surface area contributed by atoms with Gasteiger partial charge in [-0.15, -0.1) is 11.3 Å². The van der Waals surface area contributed by atoms with Crippen molar-refractivity contribution in [3.63, 3.8) is 0 Å². The maximum absolute atomic E-state index is 9.15. The molecule has 90 valence electrons. The van der Waals surface area contributed by atoms with Crippen LogP contribution < -0.4 is 4.74 Å². The van der Waals surface area contributed by atoms with Crippen molar-refractivity contribution in [3.05, 3.63) is 45.9 Å². The molecular weight excluding hydrogens is 234 g/mol. The summed E-state index contributed by atoms with van der Waals surface area (Å²) in [6.45, 7) is 2.53. The molecule has 0 aliphatic rings. The quantitative estimate of drug-likeness (QED) is 0.886. The minimum Gasteiger partial charge on any atom is -0.486 e. The Labute approximate surface area is 105 Å². The molecule has 0 radical (unpaired) electrons. The Bertz CT molecular complexity index is 446. The monoisotopic (exact) mass is 249 g/mol. The lowest BCUT2D eigenvalue weighted by Gasteiger charge is -2.02. The number of aliphatic hydroxyl groups is 1. The van der Waals surface area contributed by atoms with Gasteiger partial charge in [-0.1, -0.05) is 25.1 Å². The third-order valence-electron chi connectivity index (χ3n) is 2.40. The van der Waals surface area contributed by atoms with E-state index in [1.165, 1.54) is 0 Å². The smallest absolute Gasteiger partial charge is 0.140 e. The number of nitrogens with zero attached hydrogens (tertiary/aromatic N) is 1. The number of aryl methyl sites for hydroxylation is 1. The zero-order chi connectivity index (χ0) is 12.1. The largest absolute Gasteiger partial charge is 0.486 e. The van der Waals surface area contributed by atoms with Crippen LogP contribution in [0, 0.1) is 0 Å². The fraction of sp³-hybridized carbons (Fsp3) is 0.308. The number of aromatic nitrogens is 1. The van der Waals surface area contributed by atoms with Gasteiger partial charge < -0.3 is 9.84 Å². The van der Waals surface area contributed by atoms with E-state index in [0.717, 1.165) is 27.7 Å². The molecule has 2 aromatic rings. The lowest BCUT2D eigenvalue weighted by atomic mass is 10.3. The molecule has 1 aromatic heterocycles. The Morgan fingerprint density at radius 3 is 2.65 bits per heavy atom. The molecule has 3 nitrogen and oxygen atoms in total. The van der Waals surface area contributed by atoms with Crippen molar-refractivity contribution in [1.29, 1.82) is 0 Å².